The molecule has 2 nitrogen and oxygen atoms in total. The Morgan fingerprint density at radius 3 is 2.34 bits per heavy atom. The van der Waals surface area contributed by atoms with Gasteiger partial charge in [0.1, 0.15) is 0 Å². The van der Waals surface area contributed by atoms with Crippen molar-refractivity contribution in [1.29, 1.82) is 0 Å². The molecule has 1 N–H and O–H groups in total. The molecule has 0 fully saturated rings. The minimum atomic E-state index is -0.571. The zero-order valence-electron chi connectivity index (χ0n) is 35.0. The zero-order chi connectivity index (χ0) is 41.5. The molecule has 2 atom stereocenters. The van der Waals surface area contributed by atoms with E-state index in [2.05, 4.69) is 195 Å². The Morgan fingerprint density at radius 2 is 1.58 bits per heavy atom. The van der Waals surface area contributed by atoms with Gasteiger partial charge < -0.3 is 9.88 Å². The SMILES string of the molecule is C=C/C=C(C=CN1C2=CCC=C2C2(c3ccccc3-c3ccc(-c4cc(-c5ccccc5)c[nH]4)cc32)c2ccc(SC(C)/C=C\C=C/C)c(C(=C)C=C)c21)\C=C/C.CC. The van der Waals surface area contributed by atoms with Gasteiger partial charge in [-0.05, 0) is 113 Å². The van der Waals surface area contributed by atoms with Crippen LogP contribution in [0.3, 0.4) is 0 Å². The van der Waals surface area contributed by atoms with Crippen LogP contribution in [0.15, 0.2) is 218 Å². The Bertz CT molecular complexity index is 2620. The van der Waals surface area contributed by atoms with E-state index in [9.17, 15) is 0 Å². The van der Waals surface area contributed by atoms with Crippen LogP contribution in [0.5, 0.6) is 0 Å². The van der Waals surface area contributed by atoms with Gasteiger partial charge in [0, 0.05) is 39.5 Å². The molecule has 4 aromatic carbocycles. The number of fused-ring (bicyclic) bond motifs is 9. The molecule has 2 heterocycles. The monoisotopic (exact) mass is 786 g/mol. The first kappa shape index (κ1) is 40.9. The highest BCUT2D eigenvalue weighted by Gasteiger charge is 2.54. The van der Waals surface area contributed by atoms with Gasteiger partial charge in [-0.3, -0.25) is 0 Å². The Kier molecular flexibility index (Phi) is 12.5. The van der Waals surface area contributed by atoms with Crippen molar-refractivity contribution >= 4 is 23.0 Å². The van der Waals surface area contributed by atoms with Gasteiger partial charge in [-0.1, -0.05) is 173 Å². The second-order valence-corrected chi connectivity index (χ2v) is 16.0. The molecule has 2 unspecified atom stereocenters. The van der Waals surface area contributed by atoms with Crippen molar-refractivity contribution in [2.45, 2.75) is 56.6 Å². The lowest BCUT2D eigenvalue weighted by atomic mass is 9.63. The van der Waals surface area contributed by atoms with E-state index in [0.29, 0.717) is 0 Å². The Labute approximate surface area is 356 Å². The van der Waals surface area contributed by atoms with Gasteiger partial charge >= 0.3 is 0 Å². The van der Waals surface area contributed by atoms with Crippen molar-refractivity contribution in [2.75, 3.05) is 4.90 Å². The Morgan fingerprint density at radius 1 is 0.797 bits per heavy atom. The fraction of sp³-hybridized carbons (Fsp3) is 0.143. The summed E-state index contributed by atoms with van der Waals surface area (Å²) < 4.78 is 0. The Balaban J connectivity index is 0.00000260. The van der Waals surface area contributed by atoms with Gasteiger partial charge in [0.2, 0.25) is 0 Å². The first-order valence-corrected chi connectivity index (χ1v) is 21.6. The van der Waals surface area contributed by atoms with E-state index < -0.39 is 5.41 Å². The summed E-state index contributed by atoms with van der Waals surface area (Å²) >= 11 is 1.85. The second kappa shape index (κ2) is 18.1. The Hall–Kier alpha value is -6.29. The summed E-state index contributed by atoms with van der Waals surface area (Å²) in [5, 5.41) is 0.229. The molecule has 3 aliphatic rings. The average Bonchev–Trinajstić information content (AvgIpc) is 4.03. The van der Waals surface area contributed by atoms with E-state index in [0.717, 1.165) is 40.1 Å². The number of allylic oxidation sites excluding steroid dienone is 14. The maximum Gasteiger partial charge on any atom is 0.0751 e. The molecule has 1 aliphatic heterocycles. The van der Waals surface area contributed by atoms with Crippen LogP contribution in [0.1, 0.15) is 63.3 Å². The summed E-state index contributed by atoms with van der Waals surface area (Å²) in [6.45, 7) is 23.3. The number of rotatable bonds is 12. The normalized spacial score (nSPS) is 17.1. The van der Waals surface area contributed by atoms with Gasteiger partial charge in [-0.15, -0.1) is 11.8 Å². The van der Waals surface area contributed by atoms with Crippen LogP contribution >= 0.6 is 11.8 Å². The highest BCUT2D eigenvalue weighted by Crippen LogP contribution is 2.65. The molecular weight excluding hydrogens is 733 g/mol. The number of hydrogen-bond donors (Lipinski definition) is 1. The van der Waals surface area contributed by atoms with Gasteiger partial charge in [-0.25, -0.2) is 0 Å². The number of nitrogens with zero attached hydrogens (tertiary/aromatic N) is 1. The van der Waals surface area contributed by atoms with E-state index in [1.807, 2.05) is 57.7 Å². The first-order valence-electron chi connectivity index (χ1n) is 20.7. The molecule has 8 rings (SSSR count). The lowest BCUT2D eigenvalue weighted by Gasteiger charge is -2.46. The van der Waals surface area contributed by atoms with Crippen LogP contribution in [0, 0.1) is 0 Å². The number of aromatic amines is 1. The topological polar surface area (TPSA) is 19.0 Å². The number of aromatic nitrogens is 1. The molecule has 0 radical (unpaired) electrons. The number of thioether (sulfide) groups is 1. The minimum absolute atomic E-state index is 0.229. The van der Waals surface area contributed by atoms with E-state index in [4.69, 9.17) is 0 Å². The van der Waals surface area contributed by atoms with Crippen molar-refractivity contribution in [3.63, 3.8) is 0 Å². The smallest absolute Gasteiger partial charge is 0.0751 e. The first-order chi connectivity index (χ1) is 28.9. The van der Waals surface area contributed by atoms with E-state index >= 15 is 0 Å². The predicted molar refractivity (Wildman–Crippen MR) is 259 cm³/mol. The van der Waals surface area contributed by atoms with Crippen molar-refractivity contribution in [3.8, 4) is 33.5 Å². The third-order valence-electron chi connectivity index (χ3n) is 11.2. The van der Waals surface area contributed by atoms with Crippen molar-refractivity contribution in [2.24, 2.45) is 0 Å². The molecule has 0 amide bonds. The largest absolute Gasteiger partial charge is 0.361 e. The van der Waals surface area contributed by atoms with Crippen molar-refractivity contribution < 1.29 is 0 Å². The van der Waals surface area contributed by atoms with Crippen LogP contribution < -0.4 is 4.90 Å². The number of benzene rings is 4. The lowest BCUT2D eigenvalue weighted by molar-refractivity contribution is 0.726. The molecule has 0 bridgehead atoms. The molecule has 59 heavy (non-hydrogen) atoms. The third kappa shape index (κ3) is 7.37. The van der Waals surface area contributed by atoms with Crippen LogP contribution in [0.2, 0.25) is 0 Å². The van der Waals surface area contributed by atoms with Gasteiger partial charge in [0.05, 0.1) is 11.1 Å². The number of anilines is 1. The van der Waals surface area contributed by atoms with Crippen LogP contribution in [-0.4, -0.2) is 10.2 Å². The molecule has 5 aromatic rings. The maximum atomic E-state index is 4.67. The lowest BCUT2D eigenvalue weighted by Crippen LogP contribution is -2.40. The molecule has 2 aliphatic carbocycles. The number of H-pyrrole nitrogens is 1. The van der Waals surface area contributed by atoms with E-state index in [1.165, 1.54) is 55.1 Å². The van der Waals surface area contributed by atoms with Gasteiger partial charge in [-0.2, -0.15) is 0 Å². The third-order valence-corrected chi connectivity index (χ3v) is 12.3. The molecule has 294 valence electrons. The minimum Gasteiger partial charge on any atom is -0.361 e. The summed E-state index contributed by atoms with van der Waals surface area (Å²) in [6, 6.07) is 33.6. The second-order valence-electron chi connectivity index (χ2n) is 14.6. The fourth-order valence-electron chi connectivity index (χ4n) is 8.75. The average molecular weight is 787 g/mol. The highest BCUT2D eigenvalue weighted by atomic mass is 32.2. The van der Waals surface area contributed by atoms with Crippen LogP contribution in [0.25, 0.3) is 39.1 Å². The number of nitrogens with one attached hydrogen (secondary N) is 1. The molecule has 3 heteroatoms. The molecule has 1 aromatic heterocycles. The summed E-state index contributed by atoms with van der Waals surface area (Å²) in [7, 11) is 0. The fourth-order valence-corrected chi connectivity index (χ4v) is 9.81. The summed E-state index contributed by atoms with van der Waals surface area (Å²) in [5.41, 5.74) is 17.1. The highest BCUT2D eigenvalue weighted by molar-refractivity contribution is 8.00. The number of hydrogen-bond acceptors (Lipinski definition) is 2. The predicted octanol–water partition coefficient (Wildman–Crippen LogP) is 15.7. The van der Waals surface area contributed by atoms with Crippen LogP contribution in [0.4, 0.5) is 5.69 Å². The molecule has 0 saturated heterocycles. The molecule has 0 saturated carbocycles. The maximum absolute atomic E-state index is 4.67. The standard InChI is InChI=1S/C54H48N2S.C2H6/c1-7-11-13-21-38(6)57-51-31-30-47-53(52(51)37(5)10-4)56(33-32-39(19-8-2)20-9-3)50-27-18-26-46(50)54(47)45-25-17-16-24-43(45)44-29-28-41(34-48(44)54)49-35-42(36-55-49)40-22-14-12-15-23-40;1-2/h7-17,19-36,38,55H,2,4-5,18H2,1,3,6H3;1-2H3/b11-7-,20-9-,21-13-,33-32?,39-19+;. The van der Waals surface area contributed by atoms with Crippen LogP contribution in [-0.2, 0) is 5.41 Å². The van der Waals surface area contributed by atoms with E-state index in [1.54, 1.807) is 0 Å². The molecule has 1 spiro atoms. The van der Waals surface area contributed by atoms with Gasteiger partial charge in [0.25, 0.3) is 0 Å². The quantitative estimate of drug-likeness (QED) is 0.100. The summed E-state index contributed by atoms with van der Waals surface area (Å²) in [6.07, 6.45) is 30.7. The summed E-state index contributed by atoms with van der Waals surface area (Å²) in [4.78, 5) is 7.21. The summed E-state index contributed by atoms with van der Waals surface area (Å²) in [5.74, 6) is 0. The van der Waals surface area contributed by atoms with E-state index in [-0.39, 0.29) is 5.25 Å². The van der Waals surface area contributed by atoms with Gasteiger partial charge in [0.15, 0.2) is 0 Å². The molecular formula is C56H54N2S. The van der Waals surface area contributed by atoms with Crippen molar-refractivity contribution in [1.82, 2.24) is 4.98 Å². The zero-order valence-corrected chi connectivity index (χ0v) is 35.8. The van der Waals surface area contributed by atoms with Crippen molar-refractivity contribution in [3.05, 3.63) is 235 Å².